The van der Waals surface area contributed by atoms with Gasteiger partial charge in [-0.05, 0) is 27.7 Å². The Morgan fingerprint density at radius 2 is 2.10 bits per heavy atom. The summed E-state index contributed by atoms with van der Waals surface area (Å²) in [5.74, 6) is -1.12. The molecule has 0 fully saturated rings. The van der Waals surface area contributed by atoms with Crippen molar-refractivity contribution < 1.29 is 19.4 Å². The highest BCUT2D eigenvalue weighted by molar-refractivity contribution is 5.81. The number of hydrogen-bond acceptors (Lipinski definition) is 4. The van der Waals surface area contributed by atoms with Crippen molar-refractivity contribution >= 4 is 12.1 Å². The molecule has 1 unspecified atom stereocenters. The molecule has 0 saturated heterocycles. The minimum atomic E-state index is -1.12. The molecule has 7 heteroatoms. The third-order valence-electron chi connectivity index (χ3n) is 2.65. The van der Waals surface area contributed by atoms with E-state index < -0.39 is 23.7 Å². The maximum Gasteiger partial charge on any atom is 0.411 e. The smallest absolute Gasteiger partial charge is 0.411 e. The van der Waals surface area contributed by atoms with Gasteiger partial charge in [-0.2, -0.15) is 0 Å². The van der Waals surface area contributed by atoms with Crippen molar-refractivity contribution in [1.29, 1.82) is 0 Å². The lowest BCUT2D eigenvalue weighted by Gasteiger charge is -2.30. The van der Waals surface area contributed by atoms with E-state index in [0.717, 1.165) is 0 Å². The first-order chi connectivity index (χ1) is 9.17. The molecule has 1 heterocycles. The number of ether oxygens (including phenoxy) is 1. The van der Waals surface area contributed by atoms with Crippen molar-refractivity contribution in [3.05, 3.63) is 18.2 Å². The summed E-state index contributed by atoms with van der Waals surface area (Å²) in [6.07, 6.45) is 2.27. The van der Waals surface area contributed by atoms with Crippen LogP contribution in [0.4, 0.5) is 4.79 Å². The number of aromatic nitrogens is 2. The molecule has 0 aliphatic heterocycles. The molecule has 0 bridgehead atoms. The Bertz CT molecular complexity index is 490. The third kappa shape index (κ3) is 3.72. The van der Waals surface area contributed by atoms with Gasteiger partial charge in [-0.1, -0.05) is 0 Å². The SMILES string of the molecule is CCN(C(=O)OC(C)(C)C)C(C(=O)O)c1cncn1C. The van der Waals surface area contributed by atoms with Crippen LogP contribution in [0.2, 0.25) is 0 Å². The molecule has 0 spiro atoms. The molecule has 0 radical (unpaired) electrons. The summed E-state index contributed by atoms with van der Waals surface area (Å²) in [4.78, 5) is 28.8. The number of carbonyl (C=O) groups excluding carboxylic acids is 1. The molecule has 1 aromatic heterocycles. The second-order valence-corrected chi connectivity index (χ2v) is 5.44. The molecule has 0 aliphatic rings. The molecule has 20 heavy (non-hydrogen) atoms. The van der Waals surface area contributed by atoms with Crippen LogP contribution in [-0.4, -0.2) is 43.8 Å². The van der Waals surface area contributed by atoms with Gasteiger partial charge in [-0.15, -0.1) is 0 Å². The molecule has 1 atom stereocenters. The number of carboxylic acid groups (broad SMARTS) is 1. The number of aryl methyl sites for hydroxylation is 1. The molecule has 7 nitrogen and oxygen atoms in total. The van der Waals surface area contributed by atoms with E-state index in [1.165, 1.54) is 17.4 Å². The fourth-order valence-electron chi connectivity index (χ4n) is 1.79. The van der Waals surface area contributed by atoms with Crippen molar-refractivity contribution in [2.45, 2.75) is 39.3 Å². The highest BCUT2D eigenvalue weighted by Gasteiger charge is 2.34. The van der Waals surface area contributed by atoms with Crippen LogP contribution in [0.1, 0.15) is 39.4 Å². The summed E-state index contributed by atoms with van der Waals surface area (Å²) < 4.78 is 6.83. The maximum atomic E-state index is 12.2. The summed E-state index contributed by atoms with van der Waals surface area (Å²) in [6, 6.07) is -1.12. The van der Waals surface area contributed by atoms with Crippen LogP contribution >= 0.6 is 0 Å². The van der Waals surface area contributed by atoms with Crippen molar-refractivity contribution in [3.63, 3.8) is 0 Å². The zero-order valence-corrected chi connectivity index (χ0v) is 12.5. The number of carbonyl (C=O) groups is 2. The summed E-state index contributed by atoms with van der Waals surface area (Å²) >= 11 is 0. The lowest BCUT2D eigenvalue weighted by atomic mass is 10.2. The van der Waals surface area contributed by atoms with Crippen LogP contribution in [0.5, 0.6) is 0 Å². The molecule has 0 saturated carbocycles. The Kier molecular flexibility index (Phi) is 4.75. The van der Waals surface area contributed by atoms with Gasteiger partial charge in [-0.25, -0.2) is 14.6 Å². The van der Waals surface area contributed by atoms with E-state index in [0.29, 0.717) is 5.69 Å². The fraction of sp³-hybridized carbons (Fsp3) is 0.615. The molecule has 0 aromatic carbocycles. The van der Waals surface area contributed by atoms with E-state index in [2.05, 4.69) is 4.98 Å². The molecule has 1 N–H and O–H groups in total. The van der Waals surface area contributed by atoms with Gasteiger partial charge in [0.05, 0.1) is 18.2 Å². The molecule has 1 aromatic rings. The number of aliphatic carboxylic acids is 1. The van der Waals surface area contributed by atoms with E-state index >= 15 is 0 Å². The molecular weight excluding hydrogens is 262 g/mol. The van der Waals surface area contributed by atoms with Gasteiger partial charge in [0, 0.05) is 13.6 Å². The first-order valence-electron chi connectivity index (χ1n) is 6.36. The minimum absolute atomic E-state index is 0.219. The highest BCUT2D eigenvalue weighted by Crippen LogP contribution is 2.22. The Balaban J connectivity index is 3.09. The van der Waals surface area contributed by atoms with Crippen LogP contribution < -0.4 is 0 Å². The largest absolute Gasteiger partial charge is 0.479 e. The van der Waals surface area contributed by atoms with E-state index in [4.69, 9.17) is 4.74 Å². The number of carboxylic acids is 1. The van der Waals surface area contributed by atoms with Gasteiger partial charge in [0.1, 0.15) is 5.60 Å². The minimum Gasteiger partial charge on any atom is -0.479 e. The number of nitrogens with zero attached hydrogens (tertiary/aromatic N) is 3. The second-order valence-electron chi connectivity index (χ2n) is 5.44. The second kappa shape index (κ2) is 5.94. The van der Waals surface area contributed by atoms with Crippen molar-refractivity contribution in [3.8, 4) is 0 Å². The molecule has 0 aliphatic carbocycles. The number of likely N-dealkylation sites (N-methyl/N-ethyl adjacent to an activating group) is 1. The highest BCUT2D eigenvalue weighted by atomic mass is 16.6. The Labute approximate surface area is 118 Å². The third-order valence-corrected chi connectivity index (χ3v) is 2.65. The molecular formula is C13H21N3O4. The van der Waals surface area contributed by atoms with Crippen molar-refractivity contribution in [1.82, 2.24) is 14.5 Å². The van der Waals surface area contributed by atoms with Gasteiger partial charge >= 0.3 is 12.1 Å². The summed E-state index contributed by atoms with van der Waals surface area (Å²) in [5, 5.41) is 9.43. The standard InChI is InChI=1S/C13H21N3O4/c1-6-16(12(19)20-13(2,3)4)10(11(17)18)9-7-14-8-15(9)5/h7-8,10H,6H2,1-5H3,(H,17,18). The van der Waals surface area contributed by atoms with Crippen molar-refractivity contribution in [2.75, 3.05) is 6.54 Å². The van der Waals surface area contributed by atoms with Crippen molar-refractivity contribution in [2.24, 2.45) is 7.05 Å². The topological polar surface area (TPSA) is 84.7 Å². The lowest BCUT2D eigenvalue weighted by Crippen LogP contribution is -2.42. The van der Waals surface area contributed by atoms with Crippen LogP contribution in [0.3, 0.4) is 0 Å². The Morgan fingerprint density at radius 3 is 2.45 bits per heavy atom. The molecule has 1 amide bonds. The van der Waals surface area contributed by atoms with Gasteiger partial charge in [-0.3, -0.25) is 4.90 Å². The zero-order valence-electron chi connectivity index (χ0n) is 12.5. The Morgan fingerprint density at radius 1 is 1.50 bits per heavy atom. The van der Waals surface area contributed by atoms with E-state index in [-0.39, 0.29) is 6.54 Å². The average Bonchev–Trinajstić information content (AvgIpc) is 2.68. The van der Waals surface area contributed by atoms with E-state index in [9.17, 15) is 14.7 Å². The summed E-state index contributed by atoms with van der Waals surface area (Å²) in [7, 11) is 1.68. The average molecular weight is 283 g/mol. The maximum absolute atomic E-state index is 12.2. The van der Waals surface area contributed by atoms with Crippen LogP contribution in [0.15, 0.2) is 12.5 Å². The fourth-order valence-corrected chi connectivity index (χ4v) is 1.79. The van der Waals surface area contributed by atoms with Gasteiger partial charge in [0.25, 0.3) is 0 Å². The van der Waals surface area contributed by atoms with Crippen LogP contribution in [0, 0.1) is 0 Å². The normalized spacial score (nSPS) is 12.8. The van der Waals surface area contributed by atoms with Gasteiger partial charge < -0.3 is 14.4 Å². The van der Waals surface area contributed by atoms with Gasteiger partial charge in [0.2, 0.25) is 0 Å². The summed E-state index contributed by atoms with van der Waals surface area (Å²) in [6.45, 7) is 7.13. The number of rotatable bonds is 4. The van der Waals surface area contributed by atoms with E-state index in [1.54, 1.807) is 39.3 Å². The predicted octanol–water partition coefficient (Wildman–Crippen LogP) is 1.80. The molecule has 112 valence electrons. The zero-order chi connectivity index (χ0) is 15.5. The predicted molar refractivity (Wildman–Crippen MR) is 72.2 cm³/mol. The lowest BCUT2D eigenvalue weighted by molar-refractivity contribution is -0.143. The first-order valence-corrected chi connectivity index (χ1v) is 6.36. The number of hydrogen-bond donors (Lipinski definition) is 1. The first kappa shape index (κ1) is 16.0. The monoisotopic (exact) mass is 283 g/mol. The number of imidazole rings is 1. The van der Waals surface area contributed by atoms with Gasteiger partial charge in [0.15, 0.2) is 6.04 Å². The summed E-state index contributed by atoms with van der Waals surface area (Å²) in [5.41, 5.74) is -0.259. The quantitative estimate of drug-likeness (QED) is 0.910. The van der Waals surface area contributed by atoms with Crippen LogP contribution in [-0.2, 0) is 16.6 Å². The van der Waals surface area contributed by atoms with E-state index in [1.807, 2.05) is 0 Å². The number of amides is 1. The van der Waals surface area contributed by atoms with Crippen LogP contribution in [0.25, 0.3) is 0 Å². The molecule has 1 rings (SSSR count). The Hall–Kier alpha value is -2.05.